The molecule has 2 amide bonds. The van der Waals surface area contributed by atoms with E-state index in [-0.39, 0.29) is 17.6 Å². The van der Waals surface area contributed by atoms with Crippen molar-refractivity contribution >= 4 is 33.4 Å². The maximum Gasteiger partial charge on any atom is 0.287 e. The van der Waals surface area contributed by atoms with Crippen LogP contribution in [0.3, 0.4) is 0 Å². The lowest BCUT2D eigenvalue weighted by atomic mass is 9.78. The number of amides is 2. The van der Waals surface area contributed by atoms with E-state index >= 15 is 0 Å². The van der Waals surface area contributed by atoms with Crippen molar-refractivity contribution in [1.82, 2.24) is 15.6 Å². The number of hydrogen-bond donors (Lipinski definition) is 2. The van der Waals surface area contributed by atoms with E-state index in [0.29, 0.717) is 19.5 Å². The molecule has 0 bridgehead atoms. The van der Waals surface area contributed by atoms with Crippen molar-refractivity contribution in [3.8, 4) is 0 Å². The molecule has 2 aromatic carbocycles. The maximum absolute atomic E-state index is 13.3. The van der Waals surface area contributed by atoms with Gasteiger partial charge in [0.05, 0.1) is 26.9 Å². The molecule has 0 saturated carbocycles. The smallest absolute Gasteiger partial charge is 0.287 e. The van der Waals surface area contributed by atoms with Crippen molar-refractivity contribution in [2.24, 2.45) is 0 Å². The van der Waals surface area contributed by atoms with Gasteiger partial charge in [0.15, 0.2) is 5.76 Å². The quantitative estimate of drug-likeness (QED) is 0.412. The number of para-hydroxylation sites is 1. The van der Waals surface area contributed by atoms with Crippen LogP contribution in [0.4, 0.5) is 0 Å². The number of benzene rings is 2. The molecule has 2 heterocycles. The molecule has 2 N–H and O–H groups in total. The monoisotopic (exact) mass is 433 g/mol. The van der Waals surface area contributed by atoms with Crippen molar-refractivity contribution in [3.63, 3.8) is 0 Å². The Balaban J connectivity index is 1.46. The highest BCUT2D eigenvalue weighted by Gasteiger charge is 2.36. The van der Waals surface area contributed by atoms with Crippen molar-refractivity contribution in [1.29, 1.82) is 0 Å². The largest absolute Gasteiger partial charge is 0.459 e. The summed E-state index contributed by atoms with van der Waals surface area (Å²) >= 11 is 1.61. The number of carbonyl (C=O) groups is 2. The summed E-state index contributed by atoms with van der Waals surface area (Å²) < 4.78 is 6.18. The first kappa shape index (κ1) is 20.8. The highest BCUT2D eigenvalue weighted by molar-refractivity contribution is 7.18. The summed E-state index contributed by atoms with van der Waals surface area (Å²) in [6, 6.07) is 21.0. The Hall–Kier alpha value is -3.45. The molecule has 7 heteroatoms. The van der Waals surface area contributed by atoms with E-state index in [1.54, 1.807) is 23.5 Å². The minimum Gasteiger partial charge on any atom is -0.459 e. The molecule has 0 fully saturated rings. The molecule has 0 spiro atoms. The van der Waals surface area contributed by atoms with Gasteiger partial charge in [-0.05, 0) is 36.8 Å². The van der Waals surface area contributed by atoms with Crippen LogP contribution < -0.4 is 10.6 Å². The van der Waals surface area contributed by atoms with Gasteiger partial charge in [0.25, 0.3) is 5.91 Å². The van der Waals surface area contributed by atoms with Gasteiger partial charge >= 0.3 is 0 Å². The normalized spacial score (nSPS) is 12.9. The lowest BCUT2D eigenvalue weighted by molar-refractivity contribution is -0.126. The molecule has 0 aliphatic carbocycles. The zero-order valence-corrected chi connectivity index (χ0v) is 17.9. The van der Waals surface area contributed by atoms with Gasteiger partial charge < -0.3 is 15.1 Å². The summed E-state index contributed by atoms with van der Waals surface area (Å²) in [5, 5.41) is 6.62. The molecule has 4 aromatic rings. The highest BCUT2D eigenvalue weighted by Crippen LogP contribution is 2.32. The van der Waals surface area contributed by atoms with E-state index in [1.807, 2.05) is 61.5 Å². The van der Waals surface area contributed by atoms with Gasteiger partial charge in [0.2, 0.25) is 5.91 Å². The second-order valence-electron chi connectivity index (χ2n) is 7.44. The molecule has 1 atom stereocenters. The van der Waals surface area contributed by atoms with Crippen LogP contribution in [0, 0.1) is 0 Å². The number of nitrogens with zero attached hydrogens (tertiary/aromatic N) is 1. The van der Waals surface area contributed by atoms with Gasteiger partial charge in [0, 0.05) is 19.5 Å². The molecule has 0 aliphatic heterocycles. The summed E-state index contributed by atoms with van der Waals surface area (Å²) in [4.78, 5) is 30.0. The predicted octanol–water partition coefficient (Wildman–Crippen LogP) is 3.94. The Labute approximate surface area is 184 Å². The van der Waals surface area contributed by atoms with Gasteiger partial charge in [-0.3, -0.25) is 9.59 Å². The number of furan rings is 1. The lowest BCUT2D eigenvalue weighted by Crippen LogP contribution is -2.46. The lowest BCUT2D eigenvalue weighted by Gasteiger charge is -2.28. The minimum absolute atomic E-state index is 0.106. The van der Waals surface area contributed by atoms with Crippen LogP contribution in [0.15, 0.2) is 77.4 Å². The topological polar surface area (TPSA) is 84.2 Å². The number of aromatic nitrogens is 1. The molecule has 0 saturated heterocycles. The average Bonchev–Trinajstić information content (AvgIpc) is 3.46. The van der Waals surface area contributed by atoms with Crippen molar-refractivity contribution < 1.29 is 14.0 Å². The Bertz CT molecular complexity index is 1140. The van der Waals surface area contributed by atoms with Gasteiger partial charge in [-0.25, -0.2) is 4.98 Å². The van der Waals surface area contributed by atoms with E-state index in [4.69, 9.17) is 9.40 Å². The molecule has 1 unspecified atom stereocenters. The second-order valence-corrected chi connectivity index (χ2v) is 8.55. The summed E-state index contributed by atoms with van der Waals surface area (Å²) in [6.07, 6.45) is 1.94. The van der Waals surface area contributed by atoms with E-state index < -0.39 is 5.41 Å². The number of rotatable bonds is 8. The van der Waals surface area contributed by atoms with Crippen LogP contribution in [-0.4, -0.2) is 29.9 Å². The highest BCUT2D eigenvalue weighted by atomic mass is 32.1. The van der Waals surface area contributed by atoms with Crippen molar-refractivity contribution in [2.75, 3.05) is 13.1 Å². The molecular weight excluding hydrogens is 410 g/mol. The number of fused-ring (bicyclic) bond motifs is 1. The van der Waals surface area contributed by atoms with Crippen LogP contribution in [0.1, 0.15) is 28.0 Å². The van der Waals surface area contributed by atoms with Crippen molar-refractivity contribution in [2.45, 2.75) is 18.8 Å². The number of thiazole rings is 1. The third-order valence-corrected chi connectivity index (χ3v) is 6.23. The zero-order valence-electron chi connectivity index (χ0n) is 17.1. The Morgan fingerprint density at radius 3 is 2.45 bits per heavy atom. The SMILES string of the molecule is CC(Cc1nc2ccccc2s1)(C(=O)NCCNC(=O)c1ccco1)c1ccccc1. The van der Waals surface area contributed by atoms with Crippen LogP contribution in [0.5, 0.6) is 0 Å². The third-order valence-electron chi connectivity index (χ3n) is 5.20. The first-order valence-electron chi connectivity index (χ1n) is 10.1. The molecule has 0 aliphatic rings. The minimum atomic E-state index is -0.792. The first-order valence-corrected chi connectivity index (χ1v) is 10.9. The van der Waals surface area contributed by atoms with E-state index in [2.05, 4.69) is 10.6 Å². The molecule has 4 rings (SSSR count). The fourth-order valence-electron chi connectivity index (χ4n) is 3.46. The zero-order chi connectivity index (χ0) is 21.7. The van der Waals surface area contributed by atoms with Crippen LogP contribution >= 0.6 is 11.3 Å². The number of carbonyl (C=O) groups excluding carboxylic acids is 2. The molecule has 6 nitrogen and oxygen atoms in total. The second kappa shape index (κ2) is 9.14. The summed E-state index contributed by atoms with van der Waals surface area (Å²) in [5.74, 6) is -0.166. The first-order chi connectivity index (χ1) is 15.1. The summed E-state index contributed by atoms with van der Waals surface area (Å²) in [6.45, 7) is 2.55. The average molecular weight is 434 g/mol. The van der Waals surface area contributed by atoms with Crippen molar-refractivity contribution in [3.05, 3.63) is 89.3 Å². The van der Waals surface area contributed by atoms with Gasteiger partial charge in [-0.15, -0.1) is 11.3 Å². The number of nitrogens with one attached hydrogen (secondary N) is 2. The Morgan fingerprint density at radius 2 is 1.71 bits per heavy atom. The van der Waals surface area contributed by atoms with E-state index in [9.17, 15) is 9.59 Å². The van der Waals surface area contributed by atoms with Gasteiger partial charge in [0.1, 0.15) is 0 Å². The Morgan fingerprint density at radius 1 is 0.968 bits per heavy atom. The van der Waals surface area contributed by atoms with Gasteiger partial charge in [-0.1, -0.05) is 42.5 Å². The standard InChI is InChI=1S/C24H23N3O3S/c1-24(17-8-3-2-4-9-17,16-21-27-18-10-5-6-12-20(18)31-21)23(29)26-14-13-25-22(28)19-11-7-15-30-19/h2-12,15H,13-14,16H2,1H3,(H,25,28)(H,26,29). The van der Waals surface area contributed by atoms with E-state index in [0.717, 1.165) is 20.8 Å². The fourth-order valence-corrected chi connectivity index (χ4v) is 4.58. The van der Waals surface area contributed by atoms with Crippen LogP contribution in [0.25, 0.3) is 10.2 Å². The number of hydrogen-bond acceptors (Lipinski definition) is 5. The molecule has 31 heavy (non-hydrogen) atoms. The summed E-state index contributed by atoms with van der Waals surface area (Å²) in [7, 11) is 0. The summed E-state index contributed by atoms with van der Waals surface area (Å²) in [5.41, 5.74) is 1.07. The van der Waals surface area contributed by atoms with Crippen LogP contribution in [-0.2, 0) is 16.6 Å². The molecule has 2 aromatic heterocycles. The van der Waals surface area contributed by atoms with Crippen LogP contribution in [0.2, 0.25) is 0 Å². The molecule has 158 valence electrons. The molecular formula is C24H23N3O3S. The third kappa shape index (κ3) is 4.67. The fraction of sp³-hybridized carbons (Fsp3) is 0.208. The van der Waals surface area contributed by atoms with Gasteiger partial charge in [-0.2, -0.15) is 0 Å². The maximum atomic E-state index is 13.3. The Kier molecular flexibility index (Phi) is 6.13. The molecule has 0 radical (unpaired) electrons. The predicted molar refractivity (Wildman–Crippen MR) is 121 cm³/mol. The van der Waals surface area contributed by atoms with E-state index in [1.165, 1.54) is 6.26 Å².